The fraction of sp³-hybridized carbons (Fsp3) is 0.0909. The molecule has 1 heterocycles. The molecule has 0 bridgehead atoms. The Hall–Kier alpha value is -1.49. The molecule has 0 atom stereocenters. The largest absolute Gasteiger partial charge is 0.383 e. The van der Waals surface area contributed by atoms with Crippen molar-refractivity contribution in [2.24, 2.45) is 0 Å². The van der Waals surface area contributed by atoms with Crippen LogP contribution in [0.5, 0.6) is 0 Å². The van der Waals surface area contributed by atoms with Gasteiger partial charge in [-0.05, 0) is 47.1 Å². The van der Waals surface area contributed by atoms with Crippen LogP contribution < -0.4 is 5.73 Å². The van der Waals surface area contributed by atoms with Gasteiger partial charge in [-0.15, -0.1) is 0 Å². The molecule has 2 N–H and O–H groups in total. The Morgan fingerprint density at radius 1 is 1.19 bits per heavy atom. The number of nitrogen functional groups attached to an aromatic ring is 1. The summed E-state index contributed by atoms with van der Waals surface area (Å²) in [5.41, 5.74) is 7.21. The van der Waals surface area contributed by atoms with E-state index in [0.29, 0.717) is 16.1 Å². The number of hydrogen-bond acceptors (Lipinski definition) is 3. The van der Waals surface area contributed by atoms with E-state index in [1.807, 2.05) is 6.92 Å². The van der Waals surface area contributed by atoms with Crippen molar-refractivity contribution in [2.45, 2.75) is 6.92 Å². The van der Waals surface area contributed by atoms with Gasteiger partial charge in [0, 0.05) is 5.56 Å². The zero-order chi connectivity index (χ0) is 11.7. The first-order valence-corrected chi connectivity index (χ1v) is 5.43. The number of hydrogen-bond donors (Lipinski definition) is 1. The van der Waals surface area contributed by atoms with Crippen LogP contribution in [0.3, 0.4) is 0 Å². The van der Waals surface area contributed by atoms with Crippen LogP contribution in [0.15, 0.2) is 28.7 Å². The Morgan fingerprint density at radius 2 is 1.81 bits per heavy atom. The Labute approximate surface area is 101 Å². The minimum absolute atomic E-state index is 0.287. The minimum atomic E-state index is -0.287. The quantitative estimate of drug-likeness (QED) is 0.874. The number of benzene rings is 1. The number of aryl methyl sites for hydroxylation is 1. The maximum absolute atomic E-state index is 12.8. The van der Waals surface area contributed by atoms with E-state index in [1.54, 1.807) is 12.1 Å². The Morgan fingerprint density at radius 3 is 2.38 bits per heavy atom. The topological polar surface area (TPSA) is 51.8 Å². The highest BCUT2D eigenvalue weighted by molar-refractivity contribution is 9.10. The van der Waals surface area contributed by atoms with Gasteiger partial charge in [-0.3, -0.25) is 0 Å². The number of anilines is 1. The van der Waals surface area contributed by atoms with E-state index in [1.165, 1.54) is 12.1 Å². The summed E-state index contributed by atoms with van der Waals surface area (Å²) in [5, 5.41) is 0. The van der Waals surface area contributed by atoms with Crippen LogP contribution in [0.1, 0.15) is 5.69 Å². The summed E-state index contributed by atoms with van der Waals surface area (Å²) in [7, 11) is 0. The normalized spacial score (nSPS) is 10.4. The van der Waals surface area contributed by atoms with E-state index in [4.69, 9.17) is 5.73 Å². The zero-order valence-electron chi connectivity index (χ0n) is 8.54. The SMILES string of the molecule is Cc1nc(-c2ccc(F)cc2)nc(N)c1Br. The number of halogens is 2. The summed E-state index contributed by atoms with van der Waals surface area (Å²) in [6.45, 7) is 1.83. The van der Waals surface area contributed by atoms with Crippen molar-refractivity contribution < 1.29 is 4.39 Å². The lowest BCUT2D eigenvalue weighted by molar-refractivity contribution is 0.628. The fourth-order valence-corrected chi connectivity index (χ4v) is 1.49. The molecule has 0 aliphatic rings. The second-order valence-corrected chi connectivity index (χ2v) is 4.13. The summed E-state index contributed by atoms with van der Waals surface area (Å²) in [4.78, 5) is 8.40. The van der Waals surface area contributed by atoms with Gasteiger partial charge in [0.2, 0.25) is 0 Å². The Balaban J connectivity index is 2.52. The fourth-order valence-electron chi connectivity index (χ4n) is 1.31. The molecule has 16 heavy (non-hydrogen) atoms. The molecule has 5 heteroatoms. The van der Waals surface area contributed by atoms with Gasteiger partial charge < -0.3 is 5.73 Å². The van der Waals surface area contributed by atoms with Gasteiger partial charge in [-0.25, -0.2) is 14.4 Å². The van der Waals surface area contributed by atoms with Crippen LogP contribution in [-0.4, -0.2) is 9.97 Å². The van der Waals surface area contributed by atoms with Crippen LogP contribution in [0, 0.1) is 12.7 Å². The maximum Gasteiger partial charge on any atom is 0.161 e. The van der Waals surface area contributed by atoms with Crippen molar-refractivity contribution in [1.29, 1.82) is 0 Å². The number of rotatable bonds is 1. The van der Waals surface area contributed by atoms with E-state index in [9.17, 15) is 4.39 Å². The average Bonchev–Trinajstić information content (AvgIpc) is 2.26. The molecule has 0 saturated heterocycles. The second-order valence-electron chi connectivity index (χ2n) is 3.34. The molecule has 0 unspecified atom stereocenters. The molecule has 0 fully saturated rings. The summed E-state index contributed by atoms with van der Waals surface area (Å²) < 4.78 is 13.4. The van der Waals surface area contributed by atoms with Gasteiger partial charge in [0.05, 0.1) is 10.2 Å². The van der Waals surface area contributed by atoms with Crippen molar-refractivity contribution >= 4 is 21.7 Å². The molecule has 0 spiro atoms. The molecule has 1 aromatic heterocycles. The molecule has 2 rings (SSSR count). The molecule has 2 aromatic rings. The molecular formula is C11H9BrFN3. The molecule has 0 radical (unpaired) electrons. The van der Waals surface area contributed by atoms with Crippen molar-refractivity contribution in [3.63, 3.8) is 0 Å². The summed E-state index contributed by atoms with van der Waals surface area (Å²) in [6.07, 6.45) is 0. The van der Waals surface area contributed by atoms with E-state index < -0.39 is 0 Å². The second kappa shape index (κ2) is 4.17. The monoisotopic (exact) mass is 281 g/mol. The molecule has 82 valence electrons. The molecule has 0 aliphatic carbocycles. The van der Waals surface area contributed by atoms with Gasteiger partial charge >= 0.3 is 0 Å². The molecule has 1 aromatic carbocycles. The predicted octanol–water partition coefficient (Wildman–Crippen LogP) is 2.94. The molecule has 0 aliphatic heterocycles. The Bertz CT molecular complexity index is 502. The standard InChI is InChI=1S/C11H9BrFN3/c1-6-9(12)10(14)16-11(15-6)7-2-4-8(13)5-3-7/h2-5H,1H3,(H2,14,15,16). The molecule has 3 nitrogen and oxygen atoms in total. The summed E-state index contributed by atoms with van der Waals surface area (Å²) in [6, 6.07) is 5.98. The summed E-state index contributed by atoms with van der Waals surface area (Å²) in [5.74, 6) is 0.593. The van der Waals surface area contributed by atoms with Crippen LogP contribution in [0.2, 0.25) is 0 Å². The lowest BCUT2D eigenvalue weighted by Gasteiger charge is -2.05. The third-order valence-electron chi connectivity index (χ3n) is 2.14. The highest BCUT2D eigenvalue weighted by atomic mass is 79.9. The van der Waals surface area contributed by atoms with Crippen molar-refractivity contribution in [3.8, 4) is 11.4 Å². The van der Waals surface area contributed by atoms with Gasteiger partial charge in [-0.1, -0.05) is 0 Å². The predicted molar refractivity (Wildman–Crippen MR) is 64.3 cm³/mol. The van der Waals surface area contributed by atoms with Crippen molar-refractivity contribution in [3.05, 3.63) is 40.2 Å². The number of nitrogens with zero attached hydrogens (tertiary/aromatic N) is 2. The van der Waals surface area contributed by atoms with E-state index in [0.717, 1.165) is 11.3 Å². The number of nitrogens with two attached hydrogens (primary N) is 1. The Kier molecular flexibility index (Phi) is 2.87. The number of aromatic nitrogens is 2. The zero-order valence-corrected chi connectivity index (χ0v) is 10.1. The average molecular weight is 282 g/mol. The van der Waals surface area contributed by atoms with E-state index >= 15 is 0 Å². The van der Waals surface area contributed by atoms with Crippen LogP contribution in [0.4, 0.5) is 10.2 Å². The van der Waals surface area contributed by atoms with E-state index in [2.05, 4.69) is 25.9 Å². The highest BCUT2D eigenvalue weighted by Crippen LogP contribution is 2.24. The smallest absolute Gasteiger partial charge is 0.161 e. The third kappa shape index (κ3) is 2.04. The van der Waals surface area contributed by atoms with Crippen molar-refractivity contribution in [2.75, 3.05) is 5.73 Å². The van der Waals surface area contributed by atoms with Crippen molar-refractivity contribution in [1.82, 2.24) is 9.97 Å². The molecular weight excluding hydrogens is 273 g/mol. The van der Waals surface area contributed by atoms with Gasteiger partial charge in [0.1, 0.15) is 11.6 Å². The summed E-state index contributed by atoms with van der Waals surface area (Å²) >= 11 is 3.29. The van der Waals surface area contributed by atoms with Crippen LogP contribution in [-0.2, 0) is 0 Å². The third-order valence-corrected chi connectivity index (χ3v) is 3.12. The lowest BCUT2D eigenvalue weighted by atomic mass is 10.2. The molecule has 0 saturated carbocycles. The van der Waals surface area contributed by atoms with Gasteiger partial charge in [-0.2, -0.15) is 0 Å². The maximum atomic E-state index is 12.8. The first kappa shape index (κ1) is 11.0. The lowest BCUT2D eigenvalue weighted by Crippen LogP contribution is -1.99. The molecule has 0 amide bonds. The first-order chi connectivity index (χ1) is 7.58. The van der Waals surface area contributed by atoms with Crippen LogP contribution in [0.25, 0.3) is 11.4 Å². The van der Waals surface area contributed by atoms with Gasteiger partial charge in [0.25, 0.3) is 0 Å². The van der Waals surface area contributed by atoms with Gasteiger partial charge in [0.15, 0.2) is 5.82 Å². The minimum Gasteiger partial charge on any atom is -0.383 e. The highest BCUT2D eigenvalue weighted by Gasteiger charge is 2.08. The first-order valence-electron chi connectivity index (χ1n) is 4.63. The van der Waals surface area contributed by atoms with Crippen LogP contribution >= 0.6 is 15.9 Å². The van der Waals surface area contributed by atoms with E-state index in [-0.39, 0.29) is 5.82 Å².